The van der Waals surface area contributed by atoms with Crippen molar-refractivity contribution in [1.82, 2.24) is 0 Å². The van der Waals surface area contributed by atoms with Gasteiger partial charge in [0.15, 0.2) is 0 Å². The van der Waals surface area contributed by atoms with Gasteiger partial charge in [-0.25, -0.2) is 0 Å². The van der Waals surface area contributed by atoms with Gasteiger partial charge in [0.1, 0.15) is 0 Å². The molecule has 2 rings (SSSR count). The molecule has 0 aromatic heterocycles. The van der Waals surface area contributed by atoms with Gasteiger partial charge in [0.25, 0.3) is 0 Å². The Bertz CT molecular complexity index is 383. The van der Waals surface area contributed by atoms with Crippen molar-refractivity contribution >= 4 is 11.4 Å². The van der Waals surface area contributed by atoms with E-state index in [1.165, 1.54) is 69.4 Å². The summed E-state index contributed by atoms with van der Waals surface area (Å²) in [6.45, 7) is 7.00. The Balaban J connectivity index is 1.96. The molecule has 1 unspecified atom stereocenters. The van der Waals surface area contributed by atoms with Crippen molar-refractivity contribution < 1.29 is 0 Å². The maximum atomic E-state index is 3.73. The Hall–Kier alpha value is -1.18. The maximum Gasteiger partial charge on any atom is 0.0602 e. The van der Waals surface area contributed by atoms with Crippen molar-refractivity contribution in [3.63, 3.8) is 0 Å². The summed E-state index contributed by atoms with van der Waals surface area (Å²) < 4.78 is 0. The molecule has 0 bridgehead atoms. The van der Waals surface area contributed by atoms with Crippen molar-refractivity contribution in [2.45, 2.75) is 64.8 Å². The van der Waals surface area contributed by atoms with Crippen molar-refractivity contribution in [2.75, 3.05) is 23.3 Å². The first kappa shape index (κ1) is 15.2. The third-order valence-corrected chi connectivity index (χ3v) is 4.24. The maximum absolute atomic E-state index is 3.73. The summed E-state index contributed by atoms with van der Waals surface area (Å²) in [6.07, 6.45) is 9.30. The fourth-order valence-electron chi connectivity index (χ4n) is 3.04. The molecule has 1 aromatic carbocycles. The highest BCUT2D eigenvalue weighted by molar-refractivity contribution is 5.70. The Morgan fingerprint density at radius 2 is 1.85 bits per heavy atom. The van der Waals surface area contributed by atoms with E-state index in [1.54, 1.807) is 0 Å². The van der Waals surface area contributed by atoms with Gasteiger partial charge in [-0.3, -0.25) is 0 Å². The van der Waals surface area contributed by atoms with Crippen LogP contribution in [0, 0.1) is 0 Å². The van der Waals surface area contributed by atoms with Gasteiger partial charge in [-0.15, -0.1) is 0 Å². The van der Waals surface area contributed by atoms with E-state index in [0.29, 0.717) is 6.04 Å². The quantitative estimate of drug-likeness (QED) is 0.699. The summed E-state index contributed by atoms with van der Waals surface area (Å²) in [5, 5.41) is 3.73. The summed E-state index contributed by atoms with van der Waals surface area (Å²) in [5.74, 6) is 0. The molecule has 0 aliphatic carbocycles. The van der Waals surface area contributed by atoms with Crippen LogP contribution >= 0.6 is 0 Å². The Labute approximate surface area is 124 Å². The topological polar surface area (TPSA) is 15.3 Å². The van der Waals surface area contributed by atoms with Crippen molar-refractivity contribution in [2.24, 2.45) is 0 Å². The van der Waals surface area contributed by atoms with Crippen LogP contribution in [0.4, 0.5) is 11.4 Å². The van der Waals surface area contributed by atoms with Gasteiger partial charge in [0.2, 0.25) is 0 Å². The molecule has 1 aliphatic heterocycles. The minimum absolute atomic E-state index is 0.562. The second kappa shape index (κ2) is 8.18. The Kier molecular flexibility index (Phi) is 6.23. The van der Waals surface area contributed by atoms with Crippen LogP contribution in [0.25, 0.3) is 0 Å². The minimum Gasteiger partial charge on any atom is -0.381 e. The average Bonchev–Trinajstić information content (AvgIpc) is 2.49. The number of para-hydroxylation sites is 2. The summed E-state index contributed by atoms with van der Waals surface area (Å²) in [6, 6.07) is 9.38. The molecular weight excluding hydrogens is 244 g/mol. The molecule has 1 saturated heterocycles. The number of unbranched alkanes of at least 4 members (excludes halogenated alkanes) is 2. The second-order valence-corrected chi connectivity index (χ2v) is 6.11. The van der Waals surface area contributed by atoms with E-state index >= 15 is 0 Å². The van der Waals surface area contributed by atoms with Crippen LogP contribution in [0.3, 0.4) is 0 Å². The smallest absolute Gasteiger partial charge is 0.0602 e. The lowest BCUT2D eigenvalue weighted by molar-refractivity contribution is 0.577. The molecule has 0 amide bonds. The Morgan fingerprint density at radius 1 is 1.10 bits per heavy atom. The molecule has 1 N–H and O–H groups in total. The molecule has 0 saturated carbocycles. The van der Waals surface area contributed by atoms with Gasteiger partial charge in [-0.2, -0.15) is 0 Å². The van der Waals surface area contributed by atoms with Crippen molar-refractivity contribution in [1.29, 1.82) is 0 Å². The number of hydrogen-bond acceptors (Lipinski definition) is 2. The molecule has 1 fully saturated rings. The van der Waals surface area contributed by atoms with Gasteiger partial charge < -0.3 is 10.2 Å². The first-order valence-electron chi connectivity index (χ1n) is 8.41. The summed E-state index contributed by atoms with van der Waals surface area (Å²) in [5.41, 5.74) is 2.72. The van der Waals surface area contributed by atoms with E-state index in [9.17, 15) is 0 Å². The zero-order valence-corrected chi connectivity index (χ0v) is 13.2. The fraction of sp³-hybridized carbons (Fsp3) is 0.667. The lowest BCUT2D eigenvalue weighted by Crippen LogP contribution is -2.30. The number of hydrogen-bond donors (Lipinski definition) is 1. The highest BCUT2D eigenvalue weighted by Crippen LogP contribution is 2.29. The Morgan fingerprint density at radius 3 is 2.60 bits per heavy atom. The van der Waals surface area contributed by atoms with Gasteiger partial charge in [-0.05, 0) is 44.7 Å². The number of nitrogens with one attached hydrogen (secondary N) is 1. The predicted molar refractivity (Wildman–Crippen MR) is 89.7 cm³/mol. The number of piperidine rings is 1. The molecule has 1 aliphatic rings. The third kappa shape index (κ3) is 4.43. The molecule has 0 spiro atoms. The highest BCUT2D eigenvalue weighted by atomic mass is 15.1. The largest absolute Gasteiger partial charge is 0.381 e. The number of rotatable bonds is 7. The molecule has 1 atom stereocenters. The summed E-state index contributed by atoms with van der Waals surface area (Å²) in [4.78, 5) is 2.55. The third-order valence-electron chi connectivity index (χ3n) is 4.24. The van der Waals surface area contributed by atoms with Crippen molar-refractivity contribution in [3.8, 4) is 0 Å². The number of benzene rings is 1. The summed E-state index contributed by atoms with van der Waals surface area (Å²) in [7, 11) is 0. The van der Waals surface area contributed by atoms with E-state index in [2.05, 4.69) is 48.3 Å². The van der Waals surface area contributed by atoms with Gasteiger partial charge >= 0.3 is 0 Å². The van der Waals surface area contributed by atoms with Crippen LogP contribution < -0.4 is 10.2 Å². The zero-order chi connectivity index (χ0) is 14.2. The lowest BCUT2D eigenvalue weighted by atomic mass is 10.1. The fourth-order valence-corrected chi connectivity index (χ4v) is 3.04. The van der Waals surface area contributed by atoms with Crippen LogP contribution in [-0.4, -0.2) is 19.1 Å². The first-order chi connectivity index (χ1) is 9.81. The molecular formula is C18H30N2. The van der Waals surface area contributed by atoms with Crippen LogP contribution in [0.15, 0.2) is 24.3 Å². The van der Waals surface area contributed by atoms with E-state index in [1.807, 2.05) is 0 Å². The van der Waals surface area contributed by atoms with E-state index in [-0.39, 0.29) is 0 Å². The zero-order valence-electron chi connectivity index (χ0n) is 13.2. The van der Waals surface area contributed by atoms with E-state index in [0.717, 1.165) is 0 Å². The van der Waals surface area contributed by atoms with Gasteiger partial charge in [-0.1, -0.05) is 38.3 Å². The molecule has 0 radical (unpaired) electrons. The van der Waals surface area contributed by atoms with Gasteiger partial charge in [0, 0.05) is 19.1 Å². The van der Waals surface area contributed by atoms with Crippen LogP contribution in [0.5, 0.6) is 0 Å². The molecule has 2 nitrogen and oxygen atoms in total. The number of nitrogens with zero attached hydrogens (tertiary/aromatic N) is 1. The van der Waals surface area contributed by atoms with E-state index < -0.39 is 0 Å². The summed E-state index contributed by atoms with van der Waals surface area (Å²) >= 11 is 0. The van der Waals surface area contributed by atoms with Gasteiger partial charge in [0.05, 0.1) is 11.4 Å². The van der Waals surface area contributed by atoms with Crippen LogP contribution in [0.2, 0.25) is 0 Å². The second-order valence-electron chi connectivity index (χ2n) is 6.11. The van der Waals surface area contributed by atoms with Crippen LogP contribution in [0.1, 0.15) is 58.8 Å². The molecule has 20 heavy (non-hydrogen) atoms. The SMILES string of the molecule is CCCCCC(C)Nc1ccccc1N1CCCCC1. The number of anilines is 2. The normalized spacial score (nSPS) is 17.0. The predicted octanol–water partition coefficient (Wildman–Crippen LogP) is 5.06. The lowest BCUT2D eigenvalue weighted by Gasteiger charge is -2.31. The highest BCUT2D eigenvalue weighted by Gasteiger charge is 2.14. The first-order valence-corrected chi connectivity index (χ1v) is 8.41. The molecule has 1 heterocycles. The molecule has 112 valence electrons. The molecule has 2 heteroatoms. The minimum atomic E-state index is 0.562. The monoisotopic (exact) mass is 274 g/mol. The van der Waals surface area contributed by atoms with Crippen molar-refractivity contribution in [3.05, 3.63) is 24.3 Å². The standard InChI is InChI=1S/C18H30N2/c1-3-4-6-11-16(2)19-17-12-7-8-13-18(17)20-14-9-5-10-15-20/h7-8,12-13,16,19H,3-6,9-11,14-15H2,1-2H3. The molecule has 1 aromatic rings. The van der Waals surface area contributed by atoms with E-state index in [4.69, 9.17) is 0 Å². The average molecular weight is 274 g/mol. The van der Waals surface area contributed by atoms with Crippen LogP contribution in [-0.2, 0) is 0 Å².